The summed E-state index contributed by atoms with van der Waals surface area (Å²) in [5.41, 5.74) is 8.55. The highest BCUT2D eigenvalue weighted by Gasteiger charge is 2.31. The predicted molar refractivity (Wildman–Crippen MR) is 137 cm³/mol. The van der Waals surface area contributed by atoms with Crippen molar-refractivity contribution in [2.24, 2.45) is 5.10 Å². The molecule has 180 valence electrons. The number of pyridine rings is 1. The highest BCUT2D eigenvalue weighted by atomic mass is 16.4. The van der Waals surface area contributed by atoms with Crippen LogP contribution in [-0.2, 0) is 19.4 Å². The SMILES string of the molecule is Cc1c(C(=O)N2CCc3ccccc3C2)oc2c1/C(=N/NC(=O)c1ccc3ccccc3n1)CCC2. The van der Waals surface area contributed by atoms with Gasteiger partial charge in [0.2, 0.25) is 0 Å². The Bertz CT molecular complexity index is 1530. The summed E-state index contributed by atoms with van der Waals surface area (Å²) in [5, 5.41) is 5.42. The first-order chi connectivity index (χ1) is 17.6. The molecule has 1 aliphatic heterocycles. The number of para-hydroxylation sites is 1. The summed E-state index contributed by atoms with van der Waals surface area (Å²) in [6.07, 6.45) is 3.12. The molecule has 0 fully saturated rings. The first-order valence-corrected chi connectivity index (χ1v) is 12.3. The lowest BCUT2D eigenvalue weighted by molar-refractivity contribution is 0.0699. The number of carbonyl (C=O) groups is 2. The average molecular weight is 479 g/mol. The van der Waals surface area contributed by atoms with Gasteiger partial charge in [-0.05, 0) is 49.4 Å². The third-order valence-corrected chi connectivity index (χ3v) is 7.06. The summed E-state index contributed by atoms with van der Waals surface area (Å²) in [6.45, 7) is 3.15. The van der Waals surface area contributed by atoms with Gasteiger partial charge in [-0.25, -0.2) is 10.4 Å². The van der Waals surface area contributed by atoms with Crippen LogP contribution in [0.2, 0.25) is 0 Å². The van der Waals surface area contributed by atoms with Crippen LogP contribution in [0.5, 0.6) is 0 Å². The number of fused-ring (bicyclic) bond motifs is 3. The first kappa shape index (κ1) is 22.2. The molecular formula is C29H26N4O3. The Morgan fingerprint density at radius 2 is 1.78 bits per heavy atom. The van der Waals surface area contributed by atoms with Gasteiger partial charge < -0.3 is 9.32 Å². The molecule has 0 atom stereocenters. The largest absolute Gasteiger partial charge is 0.455 e. The first-order valence-electron chi connectivity index (χ1n) is 12.3. The number of amides is 2. The third kappa shape index (κ3) is 3.96. The van der Waals surface area contributed by atoms with Crippen LogP contribution in [-0.4, -0.2) is 34.0 Å². The smallest absolute Gasteiger partial charge is 0.290 e. The van der Waals surface area contributed by atoms with E-state index in [1.54, 1.807) is 6.07 Å². The van der Waals surface area contributed by atoms with Crippen molar-refractivity contribution in [2.45, 2.75) is 39.2 Å². The molecule has 1 aliphatic carbocycles. The molecule has 36 heavy (non-hydrogen) atoms. The number of aromatic nitrogens is 1. The Morgan fingerprint density at radius 3 is 2.67 bits per heavy atom. The van der Waals surface area contributed by atoms with Gasteiger partial charge in [0, 0.05) is 36.0 Å². The maximum atomic E-state index is 13.4. The van der Waals surface area contributed by atoms with Crippen LogP contribution in [0.25, 0.3) is 10.9 Å². The molecule has 0 saturated heterocycles. The van der Waals surface area contributed by atoms with Gasteiger partial charge in [0.15, 0.2) is 5.76 Å². The van der Waals surface area contributed by atoms with Crippen molar-refractivity contribution in [1.82, 2.24) is 15.3 Å². The number of carbonyl (C=O) groups excluding carboxylic acids is 2. The molecule has 3 heterocycles. The lowest BCUT2D eigenvalue weighted by Gasteiger charge is -2.28. The van der Waals surface area contributed by atoms with Crippen molar-refractivity contribution in [3.63, 3.8) is 0 Å². The molecule has 2 aliphatic rings. The molecule has 6 rings (SSSR count). The molecule has 4 aromatic rings. The van der Waals surface area contributed by atoms with E-state index in [-0.39, 0.29) is 11.8 Å². The van der Waals surface area contributed by atoms with Crippen LogP contribution < -0.4 is 5.43 Å². The number of hydrogen-bond acceptors (Lipinski definition) is 5. The molecule has 0 saturated carbocycles. The minimum Gasteiger partial charge on any atom is -0.455 e. The van der Waals surface area contributed by atoms with E-state index in [4.69, 9.17) is 4.42 Å². The highest BCUT2D eigenvalue weighted by molar-refractivity contribution is 6.07. The van der Waals surface area contributed by atoms with Gasteiger partial charge in [-0.15, -0.1) is 0 Å². The van der Waals surface area contributed by atoms with E-state index in [1.807, 2.05) is 54.3 Å². The molecule has 0 unspecified atom stereocenters. The summed E-state index contributed by atoms with van der Waals surface area (Å²) in [6, 6.07) is 19.5. The predicted octanol–water partition coefficient (Wildman–Crippen LogP) is 4.81. The van der Waals surface area contributed by atoms with Crippen molar-refractivity contribution < 1.29 is 14.0 Å². The maximum Gasteiger partial charge on any atom is 0.290 e. The second kappa shape index (κ2) is 9.07. The van der Waals surface area contributed by atoms with E-state index in [0.717, 1.165) is 52.8 Å². The number of hydrogen-bond donors (Lipinski definition) is 1. The fourth-order valence-electron chi connectivity index (χ4n) is 5.16. The van der Waals surface area contributed by atoms with Gasteiger partial charge in [-0.3, -0.25) is 9.59 Å². The van der Waals surface area contributed by atoms with Crippen LogP contribution in [0.1, 0.15) is 61.9 Å². The summed E-state index contributed by atoms with van der Waals surface area (Å²) < 4.78 is 6.11. The molecular weight excluding hydrogens is 452 g/mol. The monoisotopic (exact) mass is 478 g/mol. The van der Waals surface area contributed by atoms with E-state index in [2.05, 4.69) is 27.6 Å². The lowest BCUT2D eigenvalue weighted by atomic mass is 9.93. The second-order valence-electron chi connectivity index (χ2n) is 9.34. The third-order valence-electron chi connectivity index (χ3n) is 7.06. The van der Waals surface area contributed by atoms with Crippen LogP contribution >= 0.6 is 0 Å². The van der Waals surface area contributed by atoms with Crippen LogP contribution in [0.4, 0.5) is 0 Å². The van der Waals surface area contributed by atoms with E-state index in [9.17, 15) is 9.59 Å². The zero-order chi connectivity index (χ0) is 24.6. The molecule has 2 aromatic carbocycles. The normalized spacial score (nSPS) is 16.0. The molecule has 0 spiro atoms. The van der Waals surface area contributed by atoms with E-state index in [1.165, 1.54) is 11.1 Å². The minimum atomic E-state index is -0.371. The van der Waals surface area contributed by atoms with Gasteiger partial charge in [-0.1, -0.05) is 48.5 Å². The quantitative estimate of drug-likeness (QED) is 0.428. The fourth-order valence-corrected chi connectivity index (χ4v) is 5.16. The number of nitrogens with zero attached hydrogens (tertiary/aromatic N) is 3. The number of nitrogens with one attached hydrogen (secondary N) is 1. The van der Waals surface area contributed by atoms with Crippen molar-refractivity contribution in [1.29, 1.82) is 0 Å². The Balaban J connectivity index is 1.24. The fraction of sp³-hybridized carbons (Fsp3) is 0.241. The Kier molecular flexibility index (Phi) is 5.60. The van der Waals surface area contributed by atoms with Gasteiger partial charge in [-0.2, -0.15) is 5.10 Å². The zero-order valence-corrected chi connectivity index (χ0v) is 20.1. The number of aryl methyl sites for hydroxylation is 1. The Morgan fingerprint density at radius 1 is 0.972 bits per heavy atom. The molecule has 1 N–H and O–H groups in total. The lowest BCUT2D eigenvalue weighted by Crippen LogP contribution is -2.36. The van der Waals surface area contributed by atoms with Gasteiger partial charge in [0.1, 0.15) is 11.5 Å². The van der Waals surface area contributed by atoms with Crippen LogP contribution in [0.15, 0.2) is 70.2 Å². The number of hydrazone groups is 1. The molecule has 0 bridgehead atoms. The van der Waals surface area contributed by atoms with Crippen LogP contribution in [0, 0.1) is 6.92 Å². The number of rotatable bonds is 3. The zero-order valence-electron chi connectivity index (χ0n) is 20.1. The van der Waals surface area contributed by atoms with Gasteiger partial charge >= 0.3 is 0 Å². The number of furan rings is 1. The molecule has 7 nitrogen and oxygen atoms in total. The second-order valence-corrected chi connectivity index (χ2v) is 9.34. The van der Waals surface area contributed by atoms with Crippen molar-refractivity contribution in [3.8, 4) is 0 Å². The summed E-state index contributed by atoms with van der Waals surface area (Å²) in [4.78, 5) is 32.5. The van der Waals surface area contributed by atoms with E-state index in [0.29, 0.717) is 31.0 Å². The molecule has 2 amide bonds. The highest BCUT2D eigenvalue weighted by Crippen LogP contribution is 2.31. The molecule has 0 radical (unpaired) electrons. The van der Waals surface area contributed by atoms with Gasteiger partial charge in [0.25, 0.3) is 11.8 Å². The maximum absolute atomic E-state index is 13.4. The number of benzene rings is 2. The van der Waals surface area contributed by atoms with E-state index >= 15 is 0 Å². The molecule has 2 aromatic heterocycles. The van der Waals surface area contributed by atoms with Crippen molar-refractivity contribution in [3.05, 3.63) is 100 Å². The van der Waals surface area contributed by atoms with E-state index < -0.39 is 0 Å². The van der Waals surface area contributed by atoms with Crippen LogP contribution in [0.3, 0.4) is 0 Å². The van der Waals surface area contributed by atoms with Crippen molar-refractivity contribution in [2.75, 3.05) is 6.54 Å². The average Bonchev–Trinajstić information content (AvgIpc) is 3.27. The molecule has 7 heteroatoms. The summed E-state index contributed by atoms with van der Waals surface area (Å²) in [5.74, 6) is 0.665. The standard InChI is InChI=1S/C29H26N4O3/c1-18-26-23(31-32-28(34)24-14-13-20-8-4-5-10-22(20)30-24)11-6-12-25(26)36-27(18)29(35)33-16-15-19-7-2-3-9-21(19)17-33/h2-5,7-10,13-14H,6,11-12,15-17H2,1H3,(H,32,34)/b31-23+. The summed E-state index contributed by atoms with van der Waals surface area (Å²) in [7, 11) is 0. The van der Waals surface area contributed by atoms with Crippen molar-refractivity contribution >= 4 is 28.4 Å². The Hall–Kier alpha value is -4.26. The Labute approximate surface area is 208 Å². The topological polar surface area (TPSA) is 87.8 Å². The van der Waals surface area contributed by atoms with Gasteiger partial charge in [0.05, 0.1) is 11.2 Å². The summed E-state index contributed by atoms with van der Waals surface area (Å²) >= 11 is 0. The minimum absolute atomic E-state index is 0.0971.